The summed E-state index contributed by atoms with van der Waals surface area (Å²) in [4.78, 5) is 15.8. The minimum Gasteiger partial charge on any atom is -0.462 e. The molecule has 112 valence electrons. The zero-order valence-corrected chi connectivity index (χ0v) is 12.1. The SMILES string of the molecule is CCOC(=O)c1cc(NCCCCCOC)ncc1N. The number of methoxy groups -OCH3 is 1. The van der Waals surface area contributed by atoms with E-state index in [1.807, 2.05) is 0 Å². The van der Waals surface area contributed by atoms with Gasteiger partial charge in [-0.1, -0.05) is 0 Å². The van der Waals surface area contributed by atoms with Gasteiger partial charge in [0.2, 0.25) is 0 Å². The van der Waals surface area contributed by atoms with Crippen molar-refractivity contribution < 1.29 is 14.3 Å². The Morgan fingerprint density at radius 2 is 2.20 bits per heavy atom. The number of aromatic nitrogens is 1. The fraction of sp³-hybridized carbons (Fsp3) is 0.571. The van der Waals surface area contributed by atoms with E-state index < -0.39 is 5.97 Å². The molecule has 0 aromatic carbocycles. The second-order valence-corrected chi connectivity index (χ2v) is 4.36. The Hall–Kier alpha value is -1.82. The number of esters is 1. The predicted octanol–water partition coefficient (Wildman–Crippen LogP) is 2.07. The van der Waals surface area contributed by atoms with Gasteiger partial charge in [-0.3, -0.25) is 0 Å². The fourth-order valence-electron chi connectivity index (χ4n) is 1.71. The molecule has 0 fully saturated rings. The minimum absolute atomic E-state index is 0.322. The number of rotatable bonds is 9. The van der Waals surface area contributed by atoms with Gasteiger partial charge in [0, 0.05) is 20.3 Å². The lowest BCUT2D eigenvalue weighted by Crippen LogP contribution is -2.11. The van der Waals surface area contributed by atoms with E-state index in [4.69, 9.17) is 15.2 Å². The highest BCUT2D eigenvalue weighted by molar-refractivity contribution is 5.95. The Kier molecular flexibility index (Phi) is 7.42. The topological polar surface area (TPSA) is 86.5 Å². The second-order valence-electron chi connectivity index (χ2n) is 4.36. The Morgan fingerprint density at radius 1 is 1.40 bits per heavy atom. The van der Waals surface area contributed by atoms with Crippen LogP contribution in [0.1, 0.15) is 36.5 Å². The van der Waals surface area contributed by atoms with Gasteiger partial charge in [0.25, 0.3) is 0 Å². The second kappa shape index (κ2) is 9.14. The summed E-state index contributed by atoms with van der Waals surface area (Å²) in [6.45, 7) is 3.66. The first-order valence-electron chi connectivity index (χ1n) is 6.84. The van der Waals surface area contributed by atoms with Crippen molar-refractivity contribution in [3.05, 3.63) is 17.8 Å². The van der Waals surface area contributed by atoms with Gasteiger partial charge in [-0.25, -0.2) is 9.78 Å². The van der Waals surface area contributed by atoms with Crippen molar-refractivity contribution in [2.45, 2.75) is 26.2 Å². The summed E-state index contributed by atoms with van der Waals surface area (Å²) in [5.74, 6) is 0.213. The van der Waals surface area contributed by atoms with Crippen LogP contribution in [0.3, 0.4) is 0 Å². The molecule has 1 rings (SSSR count). The van der Waals surface area contributed by atoms with E-state index in [2.05, 4.69) is 10.3 Å². The van der Waals surface area contributed by atoms with Crippen molar-refractivity contribution in [2.24, 2.45) is 0 Å². The molecule has 0 bridgehead atoms. The highest BCUT2D eigenvalue weighted by atomic mass is 16.5. The Bertz CT molecular complexity index is 424. The van der Waals surface area contributed by atoms with Crippen LogP contribution in [0.5, 0.6) is 0 Å². The monoisotopic (exact) mass is 281 g/mol. The number of nitrogens with one attached hydrogen (secondary N) is 1. The lowest BCUT2D eigenvalue weighted by atomic mass is 10.2. The van der Waals surface area contributed by atoms with Gasteiger partial charge >= 0.3 is 5.97 Å². The number of hydrogen-bond acceptors (Lipinski definition) is 6. The van der Waals surface area contributed by atoms with E-state index >= 15 is 0 Å². The predicted molar refractivity (Wildman–Crippen MR) is 78.8 cm³/mol. The van der Waals surface area contributed by atoms with Gasteiger partial charge in [-0.15, -0.1) is 0 Å². The zero-order valence-electron chi connectivity index (χ0n) is 12.1. The number of nitrogen functional groups attached to an aromatic ring is 1. The van der Waals surface area contributed by atoms with Crippen LogP contribution in [-0.2, 0) is 9.47 Å². The Balaban J connectivity index is 2.46. The minimum atomic E-state index is -0.421. The lowest BCUT2D eigenvalue weighted by molar-refractivity contribution is 0.0527. The van der Waals surface area contributed by atoms with Crippen LogP contribution in [0.2, 0.25) is 0 Å². The molecular formula is C14H23N3O3. The van der Waals surface area contributed by atoms with E-state index in [1.165, 1.54) is 6.20 Å². The number of ether oxygens (including phenoxy) is 2. The molecule has 0 saturated carbocycles. The number of hydrogen-bond donors (Lipinski definition) is 2. The molecule has 0 aliphatic rings. The van der Waals surface area contributed by atoms with Crippen LogP contribution in [0.25, 0.3) is 0 Å². The number of unbranched alkanes of at least 4 members (excludes halogenated alkanes) is 2. The lowest BCUT2D eigenvalue weighted by Gasteiger charge is -2.09. The molecule has 20 heavy (non-hydrogen) atoms. The molecule has 0 aliphatic carbocycles. The molecule has 0 radical (unpaired) electrons. The molecule has 6 heteroatoms. The summed E-state index contributed by atoms with van der Waals surface area (Å²) in [7, 11) is 1.70. The van der Waals surface area contributed by atoms with Crippen LogP contribution < -0.4 is 11.1 Å². The number of carbonyl (C=O) groups excluding carboxylic acids is 1. The summed E-state index contributed by atoms with van der Waals surface area (Å²) < 4.78 is 9.93. The summed E-state index contributed by atoms with van der Waals surface area (Å²) in [6, 6.07) is 1.63. The van der Waals surface area contributed by atoms with Crippen LogP contribution in [0.15, 0.2) is 12.3 Å². The summed E-state index contributed by atoms with van der Waals surface area (Å²) in [5.41, 5.74) is 6.40. The van der Waals surface area contributed by atoms with E-state index in [0.717, 1.165) is 32.4 Å². The molecule has 1 aromatic rings. The van der Waals surface area contributed by atoms with Gasteiger partial charge in [0.1, 0.15) is 5.82 Å². The standard InChI is InChI=1S/C14H23N3O3/c1-3-20-14(18)11-9-13(17-10-12(11)15)16-7-5-4-6-8-19-2/h9-10H,3-8,15H2,1-2H3,(H,16,17). The van der Waals surface area contributed by atoms with Gasteiger partial charge < -0.3 is 20.5 Å². The maximum Gasteiger partial charge on any atom is 0.340 e. The number of anilines is 2. The van der Waals surface area contributed by atoms with Crippen LogP contribution in [0.4, 0.5) is 11.5 Å². The molecule has 1 heterocycles. The number of carbonyl (C=O) groups is 1. The molecule has 0 unspecified atom stereocenters. The highest BCUT2D eigenvalue weighted by Crippen LogP contribution is 2.16. The molecule has 0 saturated heterocycles. The summed E-state index contributed by atoms with van der Waals surface area (Å²) >= 11 is 0. The Labute approximate surface area is 119 Å². The van der Waals surface area contributed by atoms with E-state index in [-0.39, 0.29) is 0 Å². The van der Waals surface area contributed by atoms with Crippen molar-refractivity contribution in [3.8, 4) is 0 Å². The van der Waals surface area contributed by atoms with Gasteiger partial charge in [0.15, 0.2) is 0 Å². The fourth-order valence-corrected chi connectivity index (χ4v) is 1.71. The highest BCUT2D eigenvalue weighted by Gasteiger charge is 2.12. The maximum absolute atomic E-state index is 11.7. The van der Waals surface area contributed by atoms with Crippen molar-refractivity contribution in [3.63, 3.8) is 0 Å². The largest absolute Gasteiger partial charge is 0.462 e. The summed E-state index contributed by atoms with van der Waals surface area (Å²) in [5, 5.41) is 3.17. The third-order valence-electron chi connectivity index (χ3n) is 2.76. The average molecular weight is 281 g/mol. The number of nitrogens with zero attached hydrogens (tertiary/aromatic N) is 1. The van der Waals surface area contributed by atoms with Crippen molar-refractivity contribution in [1.29, 1.82) is 0 Å². The zero-order chi connectivity index (χ0) is 14.8. The molecule has 0 aliphatic heterocycles. The van der Waals surface area contributed by atoms with Crippen molar-refractivity contribution >= 4 is 17.5 Å². The quantitative estimate of drug-likeness (QED) is 0.532. The molecule has 0 amide bonds. The molecule has 1 aromatic heterocycles. The molecule has 0 atom stereocenters. The van der Waals surface area contributed by atoms with Crippen LogP contribution in [0, 0.1) is 0 Å². The summed E-state index contributed by atoms with van der Waals surface area (Å²) in [6.07, 6.45) is 4.62. The van der Waals surface area contributed by atoms with Crippen molar-refractivity contribution in [2.75, 3.05) is 37.9 Å². The molecule has 3 N–H and O–H groups in total. The van der Waals surface area contributed by atoms with E-state index in [1.54, 1.807) is 20.1 Å². The van der Waals surface area contributed by atoms with E-state index in [9.17, 15) is 4.79 Å². The normalized spacial score (nSPS) is 10.3. The molecular weight excluding hydrogens is 258 g/mol. The van der Waals surface area contributed by atoms with Crippen molar-refractivity contribution in [1.82, 2.24) is 4.98 Å². The van der Waals surface area contributed by atoms with Crippen LogP contribution in [-0.4, -0.2) is 37.8 Å². The van der Waals surface area contributed by atoms with Gasteiger partial charge in [0.05, 0.1) is 24.1 Å². The third-order valence-corrected chi connectivity index (χ3v) is 2.76. The first kappa shape index (κ1) is 16.2. The Morgan fingerprint density at radius 3 is 2.90 bits per heavy atom. The molecule has 6 nitrogen and oxygen atoms in total. The van der Waals surface area contributed by atoms with E-state index in [0.29, 0.717) is 23.7 Å². The third kappa shape index (κ3) is 5.44. The molecule has 0 spiro atoms. The average Bonchev–Trinajstić information content (AvgIpc) is 2.44. The number of pyridine rings is 1. The first-order chi connectivity index (χ1) is 9.69. The van der Waals surface area contributed by atoms with Gasteiger partial charge in [-0.2, -0.15) is 0 Å². The number of nitrogens with two attached hydrogens (primary N) is 1. The first-order valence-corrected chi connectivity index (χ1v) is 6.84. The van der Waals surface area contributed by atoms with Crippen LogP contribution >= 0.6 is 0 Å². The maximum atomic E-state index is 11.7. The van der Waals surface area contributed by atoms with Gasteiger partial charge in [-0.05, 0) is 32.3 Å². The smallest absolute Gasteiger partial charge is 0.340 e.